The van der Waals surface area contributed by atoms with Gasteiger partial charge in [-0.3, -0.25) is 9.48 Å². The van der Waals surface area contributed by atoms with Gasteiger partial charge in [0, 0.05) is 17.8 Å². The Bertz CT molecular complexity index is 616. The molecule has 98 valence electrons. The molecule has 0 saturated heterocycles. The van der Waals surface area contributed by atoms with Gasteiger partial charge in [0.2, 0.25) is 0 Å². The SMILES string of the molecule is CC(C)n1cc(C2CC(=O)c3ccccc3O2)cn1. The molecule has 0 bridgehead atoms. The van der Waals surface area contributed by atoms with Gasteiger partial charge in [-0.15, -0.1) is 0 Å². The molecule has 19 heavy (non-hydrogen) atoms. The van der Waals surface area contributed by atoms with Crippen LogP contribution in [0.3, 0.4) is 0 Å². The molecule has 1 unspecified atom stereocenters. The molecule has 1 aliphatic heterocycles. The molecule has 1 aromatic carbocycles. The number of fused-ring (bicyclic) bond motifs is 1. The second-order valence-corrected chi connectivity index (χ2v) is 5.08. The summed E-state index contributed by atoms with van der Waals surface area (Å²) in [5.41, 5.74) is 1.63. The third-order valence-electron chi connectivity index (χ3n) is 3.35. The first-order chi connectivity index (χ1) is 9.15. The molecule has 2 aromatic rings. The van der Waals surface area contributed by atoms with Crippen LogP contribution >= 0.6 is 0 Å². The highest BCUT2D eigenvalue weighted by atomic mass is 16.5. The second-order valence-electron chi connectivity index (χ2n) is 5.08. The largest absolute Gasteiger partial charge is 0.484 e. The van der Waals surface area contributed by atoms with Crippen LogP contribution in [0.1, 0.15) is 48.3 Å². The van der Waals surface area contributed by atoms with E-state index in [0.29, 0.717) is 23.8 Å². The molecular weight excluding hydrogens is 240 g/mol. The monoisotopic (exact) mass is 256 g/mol. The van der Waals surface area contributed by atoms with Gasteiger partial charge in [0.25, 0.3) is 0 Å². The Kier molecular flexibility index (Phi) is 2.85. The zero-order valence-electron chi connectivity index (χ0n) is 11.0. The summed E-state index contributed by atoms with van der Waals surface area (Å²) in [7, 11) is 0. The fraction of sp³-hybridized carbons (Fsp3) is 0.333. The average Bonchev–Trinajstić information content (AvgIpc) is 2.88. The molecule has 0 N–H and O–H groups in total. The van der Waals surface area contributed by atoms with Gasteiger partial charge in [0.15, 0.2) is 5.78 Å². The molecule has 0 spiro atoms. The van der Waals surface area contributed by atoms with E-state index in [1.54, 1.807) is 6.20 Å². The minimum Gasteiger partial charge on any atom is -0.484 e. The third kappa shape index (κ3) is 2.14. The smallest absolute Gasteiger partial charge is 0.170 e. The Morgan fingerprint density at radius 2 is 2.16 bits per heavy atom. The van der Waals surface area contributed by atoms with E-state index < -0.39 is 0 Å². The number of ether oxygens (including phenoxy) is 1. The van der Waals surface area contributed by atoms with Crippen molar-refractivity contribution >= 4 is 5.78 Å². The van der Waals surface area contributed by atoms with E-state index >= 15 is 0 Å². The number of aromatic nitrogens is 2. The standard InChI is InChI=1S/C15H16N2O2/c1-10(2)17-9-11(8-16-17)15-7-13(18)12-5-3-4-6-14(12)19-15/h3-6,8-10,15H,7H2,1-2H3. The van der Waals surface area contributed by atoms with Crippen molar-refractivity contribution in [2.75, 3.05) is 0 Å². The minimum atomic E-state index is -0.227. The molecular formula is C15H16N2O2. The van der Waals surface area contributed by atoms with Crippen molar-refractivity contribution in [3.05, 3.63) is 47.8 Å². The Morgan fingerprint density at radius 1 is 1.37 bits per heavy atom. The summed E-state index contributed by atoms with van der Waals surface area (Å²) in [5, 5.41) is 4.30. The maximum Gasteiger partial charge on any atom is 0.170 e. The van der Waals surface area contributed by atoms with E-state index in [0.717, 1.165) is 5.56 Å². The molecule has 0 aliphatic carbocycles. The fourth-order valence-electron chi connectivity index (χ4n) is 2.26. The van der Waals surface area contributed by atoms with Crippen molar-refractivity contribution in [3.8, 4) is 5.75 Å². The van der Waals surface area contributed by atoms with Crippen LogP contribution < -0.4 is 4.74 Å². The lowest BCUT2D eigenvalue weighted by atomic mass is 9.98. The van der Waals surface area contributed by atoms with Crippen LogP contribution in [-0.2, 0) is 0 Å². The van der Waals surface area contributed by atoms with Crippen molar-refractivity contribution in [3.63, 3.8) is 0 Å². The molecule has 0 fully saturated rings. The number of Topliss-reactive ketones (excluding diaryl/α,β-unsaturated/α-hetero) is 1. The molecule has 0 amide bonds. The van der Waals surface area contributed by atoms with Crippen LogP contribution in [0.25, 0.3) is 0 Å². The highest BCUT2D eigenvalue weighted by molar-refractivity contribution is 5.99. The lowest BCUT2D eigenvalue weighted by Crippen LogP contribution is -2.19. The molecule has 2 heterocycles. The van der Waals surface area contributed by atoms with E-state index in [1.165, 1.54) is 0 Å². The van der Waals surface area contributed by atoms with Crippen LogP contribution in [0.2, 0.25) is 0 Å². The summed E-state index contributed by atoms with van der Waals surface area (Å²) in [6.07, 6.45) is 3.89. The first-order valence-electron chi connectivity index (χ1n) is 6.48. The predicted molar refractivity (Wildman–Crippen MR) is 71.4 cm³/mol. The van der Waals surface area contributed by atoms with Gasteiger partial charge in [0.1, 0.15) is 11.9 Å². The average molecular weight is 256 g/mol. The summed E-state index contributed by atoms with van der Waals surface area (Å²) in [6.45, 7) is 4.14. The highest BCUT2D eigenvalue weighted by Gasteiger charge is 2.28. The van der Waals surface area contributed by atoms with Gasteiger partial charge in [-0.05, 0) is 26.0 Å². The summed E-state index contributed by atoms with van der Waals surface area (Å²) in [4.78, 5) is 12.1. The quantitative estimate of drug-likeness (QED) is 0.829. The van der Waals surface area contributed by atoms with E-state index in [-0.39, 0.29) is 11.9 Å². The number of rotatable bonds is 2. The van der Waals surface area contributed by atoms with Crippen LogP contribution in [0.5, 0.6) is 5.75 Å². The van der Waals surface area contributed by atoms with Crippen molar-refractivity contribution in [1.29, 1.82) is 0 Å². The maximum atomic E-state index is 12.1. The number of hydrogen-bond acceptors (Lipinski definition) is 3. The summed E-state index contributed by atoms with van der Waals surface area (Å²) < 4.78 is 7.79. The molecule has 0 radical (unpaired) electrons. The Balaban J connectivity index is 1.90. The van der Waals surface area contributed by atoms with Crippen molar-refractivity contribution in [2.45, 2.75) is 32.4 Å². The number of carbonyl (C=O) groups excluding carboxylic acids is 1. The molecule has 1 aliphatic rings. The number of carbonyl (C=O) groups is 1. The third-order valence-corrected chi connectivity index (χ3v) is 3.35. The van der Waals surface area contributed by atoms with Crippen molar-refractivity contribution < 1.29 is 9.53 Å². The van der Waals surface area contributed by atoms with Crippen LogP contribution in [0.4, 0.5) is 0 Å². The van der Waals surface area contributed by atoms with Crippen LogP contribution in [-0.4, -0.2) is 15.6 Å². The van der Waals surface area contributed by atoms with Gasteiger partial charge < -0.3 is 4.74 Å². The molecule has 3 rings (SSSR count). The second kappa shape index (κ2) is 4.53. The topological polar surface area (TPSA) is 44.1 Å². The van der Waals surface area contributed by atoms with E-state index in [9.17, 15) is 4.79 Å². The van der Waals surface area contributed by atoms with E-state index in [1.807, 2.05) is 35.1 Å². The van der Waals surface area contributed by atoms with E-state index in [2.05, 4.69) is 18.9 Å². The minimum absolute atomic E-state index is 0.129. The maximum absolute atomic E-state index is 12.1. The predicted octanol–water partition coefficient (Wildman–Crippen LogP) is 3.17. The van der Waals surface area contributed by atoms with Crippen molar-refractivity contribution in [2.24, 2.45) is 0 Å². The molecule has 4 heteroatoms. The fourth-order valence-corrected chi connectivity index (χ4v) is 2.26. The molecule has 4 nitrogen and oxygen atoms in total. The lowest BCUT2D eigenvalue weighted by molar-refractivity contribution is 0.0850. The number of ketones is 1. The first-order valence-corrected chi connectivity index (χ1v) is 6.48. The number of benzene rings is 1. The van der Waals surface area contributed by atoms with Crippen LogP contribution in [0.15, 0.2) is 36.7 Å². The lowest BCUT2D eigenvalue weighted by Gasteiger charge is -2.24. The van der Waals surface area contributed by atoms with Gasteiger partial charge >= 0.3 is 0 Å². The zero-order chi connectivity index (χ0) is 13.4. The van der Waals surface area contributed by atoms with E-state index in [4.69, 9.17) is 4.74 Å². The number of hydrogen-bond donors (Lipinski definition) is 0. The highest BCUT2D eigenvalue weighted by Crippen LogP contribution is 2.34. The first kappa shape index (κ1) is 12.0. The van der Waals surface area contributed by atoms with Gasteiger partial charge in [0.05, 0.1) is 18.2 Å². The number of para-hydroxylation sites is 1. The molecule has 1 atom stereocenters. The number of nitrogens with zero attached hydrogens (tertiary/aromatic N) is 2. The molecule has 1 aromatic heterocycles. The van der Waals surface area contributed by atoms with Gasteiger partial charge in [-0.1, -0.05) is 12.1 Å². The zero-order valence-corrected chi connectivity index (χ0v) is 11.0. The normalized spacial score (nSPS) is 18.3. The Hall–Kier alpha value is -2.10. The molecule has 0 saturated carbocycles. The summed E-state index contributed by atoms with van der Waals surface area (Å²) in [6, 6.07) is 7.70. The Morgan fingerprint density at radius 3 is 2.89 bits per heavy atom. The van der Waals surface area contributed by atoms with Crippen molar-refractivity contribution in [1.82, 2.24) is 9.78 Å². The van der Waals surface area contributed by atoms with Gasteiger partial charge in [-0.25, -0.2) is 0 Å². The Labute approximate surface area is 112 Å². The van der Waals surface area contributed by atoms with Gasteiger partial charge in [-0.2, -0.15) is 5.10 Å². The van der Waals surface area contributed by atoms with Crippen LogP contribution in [0, 0.1) is 0 Å². The summed E-state index contributed by atoms with van der Waals surface area (Å²) >= 11 is 0. The summed E-state index contributed by atoms with van der Waals surface area (Å²) in [5.74, 6) is 0.796.